The van der Waals surface area contributed by atoms with E-state index in [4.69, 9.17) is 0 Å². The molecular formula is C17H32ClN3O2. The first kappa shape index (κ1) is 20.2. The fourth-order valence-electron chi connectivity index (χ4n) is 3.30. The molecule has 0 aromatic carbocycles. The highest BCUT2D eigenvalue weighted by Crippen LogP contribution is 2.23. The Bertz CT molecular complexity index is 403. The van der Waals surface area contributed by atoms with Gasteiger partial charge in [0.05, 0.1) is 6.04 Å². The number of carbonyl (C=O) groups excluding carboxylic acids is 2. The van der Waals surface area contributed by atoms with Gasteiger partial charge in [0.2, 0.25) is 11.8 Å². The third-order valence-corrected chi connectivity index (χ3v) is 4.50. The van der Waals surface area contributed by atoms with Gasteiger partial charge in [0, 0.05) is 26.1 Å². The lowest BCUT2D eigenvalue weighted by Crippen LogP contribution is -2.47. The predicted molar refractivity (Wildman–Crippen MR) is 94.7 cm³/mol. The molecule has 6 heteroatoms. The van der Waals surface area contributed by atoms with Crippen LogP contribution < -0.4 is 10.6 Å². The largest absolute Gasteiger partial charge is 0.354 e. The molecule has 2 aliphatic heterocycles. The van der Waals surface area contributed by atoms with Crippen molar-refractivity contribution >= 4 is 24.2 Å². The Balaban J connectivity index is 0.00000264. The maximum Gasteiger partial charge on any atom is 0.237 e. The van der Waals surface area contributed by atoms with Crippen LogP contribution in [0.4, 0.5) is 0 Å². The van der Waals surface area contributed by atoms with E-state index in [1.165, 1.54) is 0 Å². The number of rotatable bonds is 4. The molecule has 2 N–H and O–H groups in total. The quantitative estimate of drug-likeness (QED) is 0.818. The van der Waals surface area contributed by atoms with Gasteiger partial charge < -0.3 is 15.5 Å². The van der Waals surface area contributed by atoms with Crippen LogP contribution in [-0.4, -0.2) is 48.9 Å². The SMILES string of the molecule is CC(C)(C)CC(=O)N1CCCC(CNC(=O)C2CCCN2)C1.Cl. The van der Waals surface area contributed by atoms with Gasteiger partial charge in [0.15, 0.2) is 0 Å². The molecule has 0 radical (unpaired) electrons. The van der Waals surface area contributed by atoms with Crippen molar-refractivity contribution in [2.45, 2.75) is 58.9 Å². The molecule has 2 saturated heterocycles. The van der Waals surface area contributed by atoms with Gasteiger partial charge in [0.1, 0.15) is 0 Å². The summed E-state index contributed by atoms with van der Waals surface area (Å²) in [7, 11) is 0. The molecule has 2 rings (SSSR count). The molecule has 5 nitrogen and oxygen atoms in total. The lowest BCUT2D eigenvalue weighted by atomic mass is 9.90. The van der Waals surface area contributed by atoms with Crippen LogP contribution in [0.2, 0.25) is 0 Å². The van der Waals surface area contributed by atoms with Gasteiger partial charge in [0.25, 0.3) is 0 Å². The molecule has 2 fully saturated rings. The van der Waals surface area contributed by atoms with E-state index in [-0.39, 0.29) is 35.7 Å². The van der Waals surface area contributed by atoms with E-state index < -0.39 is 0 Å². The van der Waals surface area contributed by atoms with Gasteiger partial charge in [-0.25, -0.2) is 0 Å². The first-order valence-electron chi connectivity index (χ1n) is 8.64. The molecule has 0 aromatic heterocycles. The van der Waals surface area contributed by atoms with E-state index in [9.17, 15) is 9.59 Å². The lowest BCUT2D eigenvalue weighted by Gasteiger charge is -2.34. The van der Waals surface area contributed by atoms with Crippen molar-refractivity contribution in [2.24, 2.45) is 11.3 Å². The second-order valence-corrected chi connectivity index (χ2v) is 7.98. The molecule has 2 aliphatic rings. The number of halogens is 1. The molecule has 23 heavy (non-hydrogen) atoms. The fraction of sp³-hybridized carbons (Fsp3) is 0.882. The Morgan fingerprint density at radius 3 is 2.57 bits per heavy atom. The van der Waals surface area contributed by atoms with E-state index in [0.29, 0.717) is 18.9 Å². The van der Waals surface area contributed by atoms with Crippen LogP contribution >= 0.6 is 12.4 Å². The summed E-state index contributed by atoms with van der Waals surface area (Å²) in [5.74, 6) is 0.764. The number of hydrogen-bond donors (Lipinski definition) is 2. The average molecular weight is 346 g/mol. The zero-order valence-electron chi connectivity index (χ0n) is 14.7. The summed E-state index contributed by atoms with van der Waals surface area (Å²) in [6.07, 6.45) is 4.75. The van der Waals surface area contributed by atoms with E-state index >= 15 is 0 Å². The van der Waals surface area contributed by atoms with Crippen LogP contribution in [0.25, 0.3) is 0 Å². The number of piperidine rings is 1. The van der Waals surface area contributed by atoms with Gasteiger partial charge in [-0.3, -0.25) is 9.59 Å². The Morgan fingerprint density at radius 2 is 1.96 bits per heavy atom. The highest BCUT2D eigenvalue weighted by Gasteiger charge is 2.28. The van der Waals surface area contributed by atoms with Gasteiger partial charge in [-0.1, -0.05) is 20.8 Å². The molecular weight excluding hydrogens is 314 g/mol. The van der Waals surface area contributed by atoms with Crippen LogP contribution in [-0.2, 0) is 9.59 Å². The minimum Gasteiger partial charge on any atom is -0.354 e. The van der Waals surface area contributed by atoms with E-state index in [0.717, 1.165) is 45.3 Å². The first-order chi connectivity index (χ1) is 10.3. The molecule has 0 aliphatic carbocycles. The number of carbonyl (C=O) groups is 2. The third kappa shape index (κ3) is 6.68. The van der Waals surface area contributed by atoms with Crippen molar-refractivity contribution < 1.29 is 9.59 Å². The van der Waals surface area contributed by atoms with Crippen LogP contribution in [0.1, 0.15) is 52.9 Å². The summed E-state index contributed by atoms with van der Waals surface area (Å²) in [6.45, 7) is 9.58. The molecule has 0 saturated carbocycles. The number of hydrogen-bond acceptors (Lipinski definition) is 3. The molecule has 2 amide bonds. The molecule has 2 unspecified atom stereocenters. The number of nitrogens with zero attached hydrogens (tertiary/aromatic N) is 1. The minimum atomic E-state index is -0.0118. The van der Waals surface area contributed by atoms with E-state index in [1.807, 2.05) is 4.90 Å². The number of amides is 2. The zero-order chi connectivity index (χ0) is 16.2. The summed E-state index contributed by atoms with van der Waals surface area (Å²) in [4.78, 5) is 26.4. The second kappa shape index (κ2) is 8.88. The van der Waals surface area contributed by atoms with Crippen LogP contribution in [0.5, 0.6) is 0 Å². The van der Waals surface area contributed by atoms with Crippen molar-refractivity contribution in [3.05, 3.63) is 0 Å². The van der Waals surface area contributed by atoms with Crippen molar-refractivity contribution in [1.82, 2.24) is 15.5 Å². The third-order valence-electron chi connectivity index (χ3n) is 4.50. The molecule has 134 valence electrons. The van der Waals surface area contributed by atoms with Crippen LogP contribution in [0, 0.1) is 11.3 Å². The van der Waals surface area contributed by atoms with Crippen molar-refractivity contribution in [1.29, 1.82) is 0 Å². The van der Waals surface area contributed by atoms with Gasteiger partial charge >= 0.3 is 0 Å². The summed E-state index contributed by atoms with van der Waals surface area (Å²) >= 11 is 0. The zero-order valence-corrected chi connectivity index (χ0v) is 15.5. The Kier molecular flexibility index (Phi) is 7.81. The van der Waals surface area contributed by atoms with E-state index in [1.54, 1.807) is 0 Å². The average Bonchev–Trinajstić information content (AvgIpc) is 2.97. The maximum absolute atomic E-state index is 12.3. The van der Waals surface area contributed by atoms with E-state index in [2.05, 4.69) is 31.4 Å². The van der Waals surface area contributed by atoms with Gasteiger partial charge in [-0.15, -0.1) is 12.4 Å². The Hall–Kier alpha value is -0.810. The van der Waals surface area contributed by atoms with Gasteiger partial charge in [-0.2, -0.15) is 0 Å². The fourth-order valence-corrected chi connectivity index (χ4v) is 3.30. The molecule has 0 spiro atoms. The summed E-state index contributed by atoms with van der Waals surface area (Å²) in [6, 6.07) is -0.0118. The van der Waals surface area contributed by atoms with Crippen molar-refractivity contribution in [3.63, 3.8) is 0 Å². The Morgan fingerprint density at radius 1 is 1.22 bits per heavy atom. The maximum atomic E-state index is 12.3. The summed E-state index contributed by atoms with van der Waals surface area (Å²) in [5, 5.41) is 6.28. The van der Waals surface area contributed by atoms with Gasteiger partial charge in [-0.05, 0) is 43.6 Å². The predicted octanol–water partition coefficient (Wildman–Crippen LogP) is 1.95. The highest BCUT2D eigenvalue weighted by atomic mass is 35.5. The minimum absolute atomic E-state index is 0. The van der Waals surface area contributed by atoms with Crippen LogP contribution in [0.15, 0.2) is 0 Å². The highest BCUT2D eigenvalue weighted by molar-refractivity contribution is 5.85. The second-order valence-electron chi connectivity index (χ2n) is 7.98. The molecule has 0 bridgehead atoms. The van der Waals surface area contributed by atoms with Crippen LogP contribution in [0.3, 0.4) is 0 Å². The monoisotopic (exact) mass is 345 g/mol. The normalized spacial score (nSPS) is 24.9. The lowest BCUT2D eigenvalue weighted by molar-refractivity contribution is -0.134. The molecule has 2 heterocycles. The molecule has 2 atom stereocenters. The smallest absolute Gasteiger partial charge is 0.237 e. The van der Waals surface area contributed by atoms with Crippen molar-refractivity contribution in [2.75, 3.05) is 26.2 Å². The summed E-state index contributed by atoms with van der Waals surface area (Å²) < 4.78 is 0. The Labute approximate surface area is 146 Å². The number of nitrogens with one attached hydrogen (secondary N) is 2. The standard InChI is InChI=1S/C17H31N3O2.ClH/c1-17(2,3)10-15(21)20-9-5-6-13(12-20)11-19-16(22)14-7-4-8-18-14;/h13-14,18H,4-12H2,1-3H3,(H,19,22);1H. The molecule has 0 aromatic rings. The first-order valence-corrected chi connectivity index (χ1v) is 8.64. The van der Waals surface area contributed by atoms with Crippen molar-refractivity contribution in [3.8, 4) is 0 Å². The summed E-state index contributed by atoms with van der Waals surface area (Å²) in [5.41, 5.74) is 0.0341. The topological polar surface area (TPSA) is 61.4 Å². The number of likely N-dealkylation sites (tertiary alicyclic amines) is 1.